The Labute approximate surface area is 98.0 Å². The molecule has 1 aromatic carbocycles. The van der Waals surface area contributed by atoms with Gasteiger partial charge in [0, 0.05) is 5.69 Å². The van der Waals surface area contributed by atoms with Gasteiger partial charge in [-0.1, -0.05) is 18.2 Å². The van der Waals surface area contributed by atoms with Crippen LogP contribution in [-0.4, -0.2) is 14.3 Å². The zero-order chi connectivity index (χ0) is 12.3. The molecule has 0 fully saturated rings. The molecule has 0 heterocycles. The largest absolute Gasteiger partial charge is 0.322 e. The molecule has 0 aliphatic rings. The van der Waals surface area contributed by atoms with Gasteiger partial charge in [-0.25, -0.2) is 13.6 Å². The fourth-order valence-corrected chi connectivity index (χ4v) is 2.06. The van der Waals surface area contributed by atoms with E-state index in [1.165, 1.54) is 18.2 Å². The summed E-state index contributed by atoms with van der Waals surface area (Å²) in [7, 11) is -3.91. The first-order chi connectivity index (χ1) is 7.34. The fourth-order valence-electron chi connectivity index (χ4n) is 0.992. The molecule has 1 rings (SSSR count). The van der Waals surface area contributed by atoms with Crippen LogP contribution in [0.4, 0.5) is 5.69 Å². The second kappa shape index (κ2) is 4.65. The van der Waals surface area contributed by atoms with Crippen molar-refractivity contribution in [3.8, 4) is 0 Å². The smallest absolute Gasteiger partial charge is 0.247 e. The number of rotatable bonds is 3. The van der Waals surface area contributed by atoms with Crippen molar-refractivity contribution in [3.05, 3.63) is 35.9 Å². The summed E-state index contributed by atoms with van der Waals surface area (Å²) in [5.41, 5.74) is 0.276. The van der Waals surface area contributed by atoms with Crippen LogP contribution in [0.15, 0.2) is 35.7 Å². The first kappa shape index (κ1) is 12.7. The number of benzene rings is 1. The predicted octanol–water partition coefficient (Wildman–Crippen LogP) is 1.11. The molecular weight excluding hydrogens is 252 g/mol. The van der Waals surface area contributed by atoms with Gasteiger partial charge >= 0.3 is 0 Å². The molecule has 0 spiro atoms. The number of nitrogens with one attached hydrogen (secondary N) is 1. The number of hydrogen-bond donors (Lipinski definition) is 2. The van der Waals surface area contributed by atoms with E-state index < -0.39 is 15.9 Å². The highest BCUT2D eigenvalue weighted by Crippen LogP contribution is 2.23. The van der Waals surface area contributed by atoms with E-state index in [9.17, 15) is 13.2 Å². The van der Waals surface area contributed by atoms with Crippen molar-refractivity contribution in [1.29, 1.82) is 0 Å². The summed E-state index contributed by atoms with van der Waals surface area (Å²) in [6, 6.07) is 3.97. The monoisotopic (exact) mass is 260 g/mol. The molecule has 1 amide bonds. The molecule has 0 atom stereocenters. The minimum absolute atomic E-state index is 0.000831. The van der Waals surface area contributed by atoms with Crippen molar-refractivity contribution in [2.75, 3.05) is 5.32 Å². The van der Waals surface area contributed by atoms with Gasteiger partial charge in [-0.15, -0.1) is 0 Å². The van der Waals surface area contributed by atoms with Gasteiger partial charge in [0.2, 0.25) is 15.9 Å². The van der Waals surface area contributed by atoms with Crippen LogP contribution < -0.4 is 10.5 Å². The summed E-state index contributed by atoms with van der Waals surface area (Å²) in [4.78, 5) is 10.7. The van der Waals surface area contributed by atoms with E-state index >= 15 is 0 Å². The molecule has 86 valence electrons. The lowest BCUT2D eigenvalue weighted by Crippen LogP contribution is -2.14. The Morgan fingerprint density at radius 1 is 1.50 bits per heavy atom. The second-order valence-corrected chi connectivity index (χ2v) is 4.82. The van der Waals surface area contributed by atoms with Gasteiger partial charge < -0.3 is 5.32 Å². The van der Waals surface area contributed by atoms with Crippen LogP contribution in [0.25, 0.3) is 0 Å². The molecule has 0 radical (unpaired) electrons. The van der Waals surface area contributed by atoms with E-state index in [1.807, 2.05) is 0 Å². The maximum atomic E-state index is 11.1. The normalized spacial score (nSPS) is 10.9. The molecule has 0 aromatic heterocycles. The highest BCUT2D eigenvalue weighted by atomic mass is 35.5. The molecular formula is C9H9ClN2O3S. The maximum Gasteiger partial charge on any atom is 0.247 e. The summed E-state index contributed by atoms with van der Waals surface area (Å²) in [5.74, 6) is -0.456. The van der Waals surface area contributed by atoms with E-state index in [0.29, 0.717) is 0 Å². The SMILES string of the molecule is C=CC(=O)Nc1ccc(Cl)c(S(N)(=O)=O)c1. The van der Waals surface area contributed by atoms with Crippen LogP contribution >= 0.6 is 11.6 Å². The summed E-state index contributed by atoms with van der Waals surface area (Å²) in [5, 5.41) is 7.34. The highest BCUT2D eigenvalue weighted by molar-refractivity contribution is 7.89. The minimum atomic E-state index is -3.91. The Bertz CT molecular complexity index is 540. The van der Waals surface area contributed by atoms with Gasteiger partial charge in [0.05, 0.1) is 5.02 Å². The van der Waals surface area contributed by atoms with Gasteiger partial charge in [-0.2, -0.15) is 0 Å². The Kier molecular flexibility index (Phi) is 3.69. The number of anilines is 1. The second-order valence-electron chi connectivity index (χ2n) is 2.88. The molecule has 0 aliphatic heterocycles. The van der Waals surface area contributed by atoms with Gasteiger partial charge in [-0.05, 0) is 24.3 Å². The summed E-state index contributed by atoms with van der Waals surface area (Å²) in [6.07, 6.45) is 1.06. The molecule has 3 N–H and O–H groups in total. The topological polar surface area (TPSA) is 89.3 Å². The fraction of sp³-hybridized carbons (Fsp3) is 0. The van der Waals surface area contributed by atoms with E-state index in [4.69, 9.17) is 16.7 Å². The molecule has 5 nitrogen and oxygen atoms in total. The Balaban J connectivity index is 3.18. The Hall–Kier alpha value is -1.37. The van der Waals surface area contributed by atoms with Crippen molar-refractivity contribution in [2.45, 2.75) is 4.90 Å². The third-order valence-corrected chi connectivity index (χ3v) is 3.08. The average Bonchev–Trinajstić information content (AvgIpc) is 2.19. The molecule has 0 aliphatic carbocycles. The number of sulfonamides is 1. The number of nitrogens with two attached hydrogens (primary N) is 1. The lowest BCUT2D eigenvalue weighted by molar-refractivity contribution is -0.111. The number of carbonyl (C=O) groups excluding carboxylic acids is 1. The molecule has 16 heavy (non-hydrogen) atoms. The van der Waals surface area contributed by atoms with E-state index in [-0.39, 0.29) is 15.6 Å². The Morgan fingerprint density at radius 2 is 2.12 bits per heavy atom. The standard InChI is InChI=1S/C9H9ClN2O3S/c1-2-9(13)12-6-3-4-7(10)8(5-6)16(11,14)15/h2-5H,1H2,(H,12,13)(H2,11,14,15). The van der Waals surface area contributed by atoms with Gasteiger partial charge in [-0.3, -0.25) is 4.79 Å². The molecule has 7 heteroatoms. The zero-order valence-corrected chi connectivity index (χ0v) is 9.68. The van der Waals surface area contributed by atoms with Crippen molar-refractivity contribution < 1.29 is 13.2 Å². The summed E-state index contributed by atoms with van der Waals surface area (Å²) >= 11 is 5.66. The van der Waals surface area contributed by atoms with Crippen molar-refractivity contribution in [1.82, 2.24) is 0 Å². The van der Waals surface area contributed by atoms with E-state index in [0.717, 1.165) is 6.08 Å². The van der Waals surface area contributed by atoms with Crippen LogP contribution in [0.1, 0.15) is 0 Å². The highest BCUT2D eigenvalue weighted by Gasteiger charge is 2.13. The Morgan fingerprint density at radius 3 is 2.62 bits per heavy atom. The van der Waals surface area contributed by atoms with E-state index in [2.05, 4.69) is 11.9 Å². The molecule has 0 unspecified atom stereocenters. The lowest BCUT2D eigenvalue weighted by Gasteiger charge is -2.06. The van der Waals surface area contributed by atoms with E-state index in [1.54, 1.807) is 0 Å². The first-order valence-corrected chi connectivity index (χ1v) is 6.03. The van der Waals surface area contributed by atoms with Crippen molar-refractivity contribution in [2.24, 2.45) is 5.14 Å². The van der Waals surface area contributed by atoms with Gasteiger partial charge in [0.1, 0.15) is 4.90 Å². The summed E-state index contributed by atoms with van der Waals surface area (Å²) < 4.78 is 22.2. The lowest BCUT2D eigenvalue weighted by atomic mass is 10.3. The first-order valence-electron chi connectivity index (χ1n) is 4.10. The van der Waals surface area contributed by atoms with Crippen molar-refractivity contribution in [3.63, 3.8) is 0 Å². The quantitative estimate of drug-likeness (QED) is 0.798. The average molecular weight is 261 g/mol. The predicted molar refractivity (Wildman–Crippen MR) is 61.7 cm³/mol. The number of halogens is 1. The molecule has 0 bridgehead atoms. The number of primary sulfonamides is 1. The maximum absolute atomic E-state index is 11.1. The summed E-state index contributed by atoms with van der Waals surface area (Å²) in [6.45, 7) is 3.26. The minimum Gasteiger partial charge on any atom is -0.322 e. The number of hydrogen-bond acceptors (Lipinski definition) is 3. The van der Waals surface area contributed by atoms with Crippen LogP contribution in [0.2, 0.25) is 5.02 Å². The third-order valence-electron chi connectivity index (χ3n) is 1.69. The van der Waals surface area contributed by atoms with Crippen LogP contribution in [-0.2, 0) is 14.8 Å². The van der Waals surface area contributed by atoms with Gasteiger partial charge in [0.25, 0.3) is 0 Å². The van der Waals surface area contributed by atoms with Crippen LogP contribution in [0.3, 0.4) is 0 Å². The molecule has 1 aromatic rings. The zero-order valence-electron chi connectivity index (χ0n) is 8.10. The molecule has 0 saturated carbocycles. The van der Waals surface area contributed by atoms with Crippen LogP contribution in [0.5, 0.6) is 0 Å². The van der Waals surface area contributed by atoms with Gasteiger partial charge in [0.15, 0.2) is 0 Å². The van der Waals surface area contributed by atoms with Crippen LogP contribution in [0, 0.1) is 0 Å². The van der Waals surface area contributed by atoms with Crippen molar-refractivity contribution >= 4 is 33.2 Å². The number of amides is 1. The number of carbonyl (C=O) groups is 1. The molecule has 0 saturated heterocycles. The third kappa shape index (κ3) is 3.06.